The number of hydrogen-bond donors (Lipinski definition) is 1. The van der Waals surface area contributed by atoms with E-state index in [1.807, 2.05) is 0 Å². The molecule has 0 bridgehead atoms. The molecule has 0 fully saturated rings. The Morgan fingerprint density at radius 2 is 2.00 bits per heavy atom. The summed E-state index contributed by atoms with van der Waals surface area (Å²) in [5, 5.41) is 2.78. The number of ether oxygens (including phenoxy) is 1. The molecule has 0 saturated heterocycles. The number of likely N-dealkylation sites (N-methyl/N-ethyl adjacent to an activating group) is 1. The van der Waals surface area contributed by atoms with Crippen molar-refractivity contribution in [3.8, 4) is 5.75 Å². The van der Waals surface area contributed by atoms with Crippen molar-refractivity contribution in [1.29, 1.82) is 0 Å². The van der Waals surface area contributed by atoms with Gasteiger partial charge < -0.3 is 15.0 Å². The van der Waals surface area contributed by atoms with Gasteiger partial charge in [-0.3, -0.25) is 14.4 Å². The molecule has 3 rings (SSSR count). The molecule has 0 spiro atoms. The van der Waals surface area contributed by atoms with Crippen LogP contribution in [0.15, 0.2) is 42.5 Å². The van der Waals surface area contributed by atoms with Crippen LogP contribution in [0.5, 0.6) is 5.75 Å². The van der Waals surface area contributed by atoms with Gasteiger partial charge in [-0.2, -0.15) is 0 Å². The van der Waals surface area contributed by atoms with E-state index in [1.165, 1.54) is 11.8 Å². The first-order valence-electron chi connectivity index (χ1n) is 7.87. The van der Waals surface area contributed by atoms with Crippen molar-refractivity contribution in [1.82, 2.24) is 0 Å². The molecule has 2 amide bonds. The van der Waals surface area contributed by atoms with Crippen molar-refractivity contribution in [2.24, 2.45) is 0 Å². The molecule has 1 aliphatic rings. The highest BCUT2D eigenvalue weighted by molar-refractivity contribution is 5.99. The van der Waals surface area contributed by atoms with Crippen LogP contribution in [0.25, 0.3) is 0 Å². The number of fused-ring (bicyclic) bond motifs is 1. The van der Waals surface area contributed by atoms with Crippen LogP contribution < -0.4 is 15.0 Å². The Balaban J connectivity index is 1.72. The number of benzene rings is 2. The second kappa shape index (κ2) is 6.76. The topological polar surface area (TPSA) is 75.7 Å². The van der Waals surface area contributed by atoms with Gasteiger partial charge in [0.15, 0.2) is 12.4 Å². The molecule has 0 unspecified atom stereocenters. The third kappa shape index (κ3) is 3.68. The summed E-state index contributed by atoms with van der Waals surface area (Å²) in [5.74, 6) is 0.236. The number of rotatable bonds is 4. The van der Waals surface area contributed by atoms with Crippen LogP contribution in [0.3, 0.4) is 0 Å². The highest BCUT2D eigenvalue weighted by Crippen LogP contribution is 2.32. The minimum absolute atomic E-state index is 0.0236. The standard InChI is InChI=1S/C19H18N2O4/c1-12(22)14-4-3-5-15(10-14)20-18(23)9-13-6-7-17-16(8-13)21(2)19(24)11-25-17/h3-8,10H,9,11H2,1-2H3,(H,20,23). The fraction of sp³-hybridized carbons (Fsp3) is 0.211. The van der Waals surface area contributed by atoms with E-state index in [2.05, 4.69) is 5.32 Å². The summed E-state index contributed by atoms with van der Waals surface area (Å²) in [6.45, 7) is 1.50. The highest BCUT2D eigenvalue weighted by Gasteiger charge is 2.22. The lowest BCUT2D eigenvalue weighted by Crippen LogP contribution is -2.35. The van der Waals surface area contributed by atoms with E-state index in [0.717, 1.165) is 5.56 Å². The summed E-state index contributed by atoms with van der Waals surface area (Å²) in [6, 6.07) is 12.1. The number of nitrogens with one attached hydrogen (secondary N) is 1. The van der Waals surface area contributed by atoms with Crippen molar-refractivity contribution in [3.05, 3.63) is 53.6 Å². The molecule has 0 radical (unpaired) electrons. The first kappa shape index (κ1) is 16.7. The lowest BCUT2D eigenvalue weighted by atomic mass is 10.1. The van der Waals surface area contributed by atoms with E-state index in [4.69, 9.17) is 4.74 Å². The summed E-state index contributed by atoms with van der Waals surface area (Å²) >= 11 is 0. The number of anilines is 2. The van der Waals surface area contributed by atoms with Crippen molar-refractivity contribution in [2.45, 2.75) is 13.3 Å². The molecule has 2 aromatic carbocycles. The Morgan fingerprint density at radius 3 is 2.76 bits per heavy atom. The summed E-state index contributed by atoms with van der Waals surface area (Å²) < 4.78 is 5.37. The number of amides is 2. The third-order valence-electron chi connectivity index (χ3n) is 4.03. The van der Waals surface area contributed by atoms with Crippen LogP contribution in [-0.2, 0) is 16.0 Å². The first-order chi connectivity index (χ1) is 11.9. The fourth-order valence-corrected chi connectivity index (χ4v) is 2.63. The lowest BCUT2D eigenvalue weighted by molar-refractivity contribution is -0.121. The Kier molecular flexibility index (Phi) is 4.52. The van der Waals surface area contributed by atoms with Gasteiger partial charge in [0.2, 0.25) is 5.91 Å². The van der Waals surface area contributed by atoms with Crippen molar-refractivity contribution in [3.63, 3.8) is 0 Å². The molecule has 6 nitrogen and oxygen atoms in total. The maximum absolute atomic E-state index is 12.3. The molecule has 2 aromatic rings. The summed E-state index contributed by atoms with van der Waals surface area (Å²) in [5.41, 5.74) is 2.54. The summed E-state index contributed by atoms with van der Waals surface area (Å²) in [7, 11) is 1.68. The molecule has 1 heterocycles. The number of ketones is 1. The normalized spacial score (nSPS) is 13.0. The Bertz CT molecular complexity index is 860. The van der Waals surface area contributed by atoms with E-state index in [0.29, 0.717) is 22.7 Å². The number of carbonyl (C=O) groups is 3. The Labute approximate surface area is 145 Å². The van der Waals surface area contributed by atoms with Gasteiger partial charge in [-0.15, -0.1) is 0 Å². The minimum atomic E-state index is -0.202. The monoisotopic (exact) mass is 338 g/mol. The smallest absolute Gasteiger partial charge is 0.264 e. The maximum Gasteiger partial charge on any atom is 0.264 e. The number of hydrogen-bond acceptors (Lipinski definition) is 4. The molecule has 1 aliphatic heterocycles. The van der Waals surface area contributed by atoms with Gasteiger partial charge >= 0.3 is 0 Å². The predicted octanol–water partition coefficient (Wildman–Crippen LogP) is 2.43. The van der Waals surface area contributed by atoms with Crippen LogP contribution in [0.4, 0.5) is 11.4 Å². The predicted molar refractivity (Wildman–Crippen MR) is 94.1 cm³/mol. The van der Waals surface area contributed by atoms with Gasteiger partial charge in [-0.25, -0.2) is 0 Å². The molecule has 0 saturated carbocycles. The van der Waals surface area contributed by atoms with Crippen LogP contribution in [-0.4, -0.2) is 31.3 Å². The first-order valence-corrected chi connectivity index (χ1v) is 7.87. The second-order valence-corrected chi connectivity index (χ2v) is 5.91. The van der Waals surface area contributed by atoms with Gasteiger partial charge in [0, 0.05) is 18.3 Å². The Morgan fingerprint density at radius 1 is 1.20 bits per heavy atom. The zero-order valence-corrected chi connectivity index (χ0v) is 14.0. The van der Waals surface area contributed by atoms with Gasteiger partial charge in [0.25, 0.3) is 5.91 Å². The maximum atomic E-state index is 12.3. The molecule has 0 atom stereocenters. The van der Waals surface area contributed by atoms with Crippen molar-refractivity contribution < 1.29 is 19.1 Å². The minimum Gasteiger partial charge on any atom is -0.482 e. The molecular weight excluding hydrogens is 320 g/mol. The molecule has 6 heteroatoms. The van der Waals surface area contributed by atoms with Gasteiger partial charge in [0.05, 0.1) is 12.1 Å². The van der Waals surface area contributed by atoms with Crippen LogP contribution in [0.1, 0.15) is 22.8 Å². The summed E-state index contributed by atoms with van der Waals surface area (Å²) in [6.07, 6.45) is 0.152. The molecular formula is C19H18N2O4. The highest BCUT2D eigenvalue weighted by atomic mass is 16.5. The molecule has 128 valence electrons. The van der Waals surface area contributed by atoms with E-state index in [1.54, 1.807) is 49.5 Å². The van der Waals surface area contributed by atoms with E-state index in [-0.39, 0.29) is 30.6 Å². The number of carbonyl (C=O) groups excluding carboxylic acids is 3. The average molecular weight is 338 g/mol. The Hall–Kier alpha value is -3.15. The second-order valence-electron chi connectivity index (χ2n) is 5.91. The number of nitrogens with zero attached hydrogens (tertiary/aromatic N) is 1. The lowest BCUT2D eigenvalue weighted by Gasteiger charge is -2.26. The van der Waals surface area contributed by atoms with Gasteiger partial charge in [-0.1, -0.05) is 18.2 Å². The third-order valence-corrected chi connectivity index (χ3v) is 4.03. The molecule has 0 aliphatic carbocycles. The van der Waals surface area contributed by atoms with Crippen LogP contribution in [0.2, 0.25) is 0 Å². The molecule has 0 aromatic heterocycles. The number of Topliss-reactive ketones (excluding diaryl/α,β-unsaturated/α-hetero) is 1. The molecule has 1 N–H and O–H groups in total. The summed E-state index contributed by atoms with van der Waals surface area (Å²) in [4.78, 5) is 36.9. The average Bonchev–Trinajstić information content (AvgIpc) is 2.58. The largest absolute Gasteiger partial charge is 0.482 e. The zero-order chi connectivity index (χ0) is 18.0. The zero-order valence-electron chi connectivity index (χ0n) is 14.0. The van der Waals surface area contributed by atoms with E-state index < -0.39 is 0 Å². The van der Waals surface area contributed by atoms with Gasteiger partial charge in [-0.05, 0) is 36.8 Å². The van der Waals surface area contributed by atoms with Crippen molar-refractivity contribution >= 4 is 29.0 Å². The van der Waals surface area contributed by atoms with Crippen molar-refractivity contribution in [2.75, 3.05) is 23.9 Å². The fourth-order valence-electron chi connectivity index (χ4n) is 2.63. The molecule has 25 heavy (non-hydrogen) atoms. The van der Waals surface area contributed by atoms with E-state index >= 15 is 0 Å². The quantitative estimate of drug-likeness (QED) is 0.869. The van der Waals surface area contributed by atoms with Crippen LogP contribution in [0, 0.1) is 0 Å². The van der Waals surface area contributed by atoms with Gasteiger partial charge in [0.1, 0.15) is 5.75 Å². The van der Waals surface area contributed by atoms with E-state index in [9.17, 15) is 14.4 Å². The SMILES string of the molecule is CC(=O)c1cccc(NC(=O)Cc2ccc3c(c2)N(C)C(=O)CO3)c1. The van der Waals surface area contributed by atoms with Crippen LogP contribution >= 0.6 is 0 Å².